The van der Waals surface area contributed by atoms with Gasteiger partial charge in [-0.25, -0.2) is 4.98 Å². The van der Waals surface area contributed by atoms with Crippen LogP contribution in [0.2, 0.25) is 0 Å². The number of thiazole rings is 1. The molecule has 1 heterocycles. The van der Waals surface area contributed by atoms with Crippen LogP contribution >= 0.6 is 11.3 Å². The van der Waals surface area contributed by atoms with Crippen molar-refractivity contribution in [3.8, 4) is 0 Å². The largest absolute Gasteiger partial charge is 0.481 e. The number of carboxylic acid groups (broad SMARTS) is 1. The quantitative estimate of drug-likeness (QED) is 0.847. The second-order valence-electron chi connectivity index (χ2n) is 4.32. The molecular weight excluding hydrogens is 236 g/mol. The van der Waals surface area contributed by atoms with Crippen LogP contribution in [0.4, 0.5) is 5.13 Å². The number of nitrogens with zero attached hydrogens (tertiary/aromatic N) is 2. The number of aromatic nitrogens is 1. The van der Waals surface area contributed by atoms with Gasteiger partial charge >= 0.3 is 5.97 Å². The first-order chi connectivity index (χ1) is 8.15. The number of carbonyl (C=O) groups is 1. The molecule has 1 aromatic heterocycles. The van der Waals surface area contributed by atoms with Crippen molar-refractivity contribution in [3.63, 3.8) is 0 Å². The Hall–Kier alpha value is -1.10. The Labute approximate surface area is 105 Å². The third kappa shape index (κ3) is 2.77. The van der Waals surface area contributed by atoms with Crippen LogP contribution in [0.25, 0.3) is 0 Å². The molecule has 5 heteroatoms. The molecule has 0 aliphatic heterocycles. The van der Waals surface area contributed by atoms with E-state index in [4.69, 9.17) is 5.11 Å². The monoisotopic (exact) mass is 254 g/mol. The number of carboxylic acids is 1. The summed E-state index contributed by atoms with van der Waals surface area (Å²) in [6.45, 7) is 6.03. The fraction of sp³-hybridized carbons (Fsp3) is 0.667. The molecule has 1 saturated carbocycles. The van der Waals surface area contributed by atoms with Gasteiger partial charge in [-0.3, -0.25) is 4.79 Å². The first-order valence-electron chi connectivity index (χ1n) is 6.12. The second kappa shape index (κ2) is 5.04. The van der Waals surface area contributed by atoms with Crippen molar-refractivity contribution in [2.45, 2.75) is 39.0 Å². The SMILES string of the molecule is CCN(CC)c1nc(C2CC2)c(CC(=O)O)s1. The zero-order chi connectivity index (χ0) is 12.4. The summed E-state index contributed by atoms with van der Waals surface area (Å²) >= 11 is 1.55. The molecule has 1 aromatic rings. The lowest BCUT2D eigenvalue weighted by Crippen LogP contribution is -2.21. The maximum atomic E-state index is 10.8. The average Bonchev–Trinajstić information content (AvgIpc) is 3.04. The standard InChI is InChI=1S/C12H18N2O2S/c1-3-14(4-2)12-13-11(8-5-6-8)9(17-12)7-10(15)16/h8H,3-7H2,1-2H3,(H,15,16). The second-order valence-corrected chi connectivity index (χ2v) is 5.38. The van der Waals surface area contributed by atoms with Crippen molar-refractivity contribution >= 4 is 22.4 Å². The highest BCUT2D eigenvalue weighted by Crippen LogP contribution is 2.44. The first kappa shape index (κ1) is 12.4. The van der Waals surface area contributed by atoms with Crippen LogP contribution in [0, 0.1) is 0 Å². The first-order valence-corrected chi connectivity index (χ1v) is 6.93. The van der Waals surface area contributed by atoms with Gasteiger partial charge in [-0.1, -0.05) is 0 Å². The van der Waals surface area contributed by atoms with Crippen LogP contribution in [-0.2, 0) is 11.2 Å². The highest BCUT2D eigenvalue weighted by molar-refractivity contribution is 7.15. The zero-order valence-corrected chi connectivity index (χ0v) is 11.1. The number of hydrogen-bond donors (Lipinski definition) is 1. The van der Waals surface area contributed by atoms with Gasteiger partial charge in [-0.05, 0) is 26.7 Å². The Morgan fingerprint density at radius 1 is 1.47 bits per heavy atom. The molecule has 94 valence electrons. The zero-order valence-electron chi connectivity index (χ0n) is 10.3. The summed E-state index contributed by atoms with van der Waals surface area (Å²) in [5.41, 5.74) is 1.04. The van der Waals surface area contributed by atoms with Crippen LogP contribution in [0.1, 0.15) is 43.2 Å². The smallest absolute Gasteiger partial charge is 0.308 e. The van der Waals surface area contributed by atoms with E-state index in [1.165, 1.54) is 0 Å². The lowest BCUT2D eigenvalue weighted by Gasteiger charge is -2.16. The van der Waals surface area contributed by atoms with Crippen molar-refractivity contribution in [1.82, 2.24) is 4.98 Å². The van der Waals surface area contributed by atoms with Gasteiger partial charge in [0.25, 0.3) is 0 Å². The number of hydrogen-bond acceptors (Lipinski definition) is 4. The Balaban J connectivity index is 2.26. The summed E-state index contributed by atoms with van der Waals surface area (Å²) < 4.78 is 0. The molecular formula is C12H18N2O2S. The van der Waals surface area contributed by atoms with Crippen LogP contribution < -0.4 is 4.90 Å². The van der Waals surface area contributed by atoms with Crippen molar-refractivity contribution in [1.29, 1.82) is 0 Å². The molecule has 0 atom stereocenters. The van der Waals surface area contributed by atoms with Gasteiger partial charge in [-0.15, -0.1) is 11.3 Å². The Kier molecular flexibility index (Phi) is 3.66. The van der Waals surface area contributed by atoms with Crippen LogP contribution in [0.5, 0.6) is 0 Å². The Bertz CT molecular complexity index is 409. The average molecular weight is 254 g/mol. The predicted molar refractivity (Wildman–Crippen MR) is 69.0 cm³/mol. The van der Waals surface area contributed by atoms with Gasteiger partial charge in [0.15, 0.2) is 5.13 Å². The van der Waals surface area contributed by atoms with Crippen LogP contribution in [0.3, 0.4) is 0 Å². The summed E-state index contributed by atoms with van der Waals surface area (Å²) in [5, 5.41) is 9.90. The van der Waals surface area contributed by atoms with E-state index in [9.17, 15) is 4.79 Å². The van der Waals surface area contributed by atoms with E-state index in [2.05, 4.69) is 23.7 Å². The third-order valence-corrected chi connectivity index (χ3v) is 4.16. The van der Waals surface area contributed by atoms with Gasteiger partial charge in [0.2, 0.25) is 0 Å². The topological polar surface area (TPSA) is 53.4 Å². The molecule has 0 amide bonds. The summed E-state index contributed by atoms with van der Waals surface area (Å²) in [7, 11) is 0. The van der Waals surface area contributed by atoms with Crippen LogP contribution in [0.15, 0.2) is 0 Å². The minimum absolute atomic E-state index is 0.116. The summed E-state index contributed by atoms with van der Waals surface area (Å²) in [6.07, 6.45) is 2.44. The Morgan fingerprint density at radius 2 is 2.12 bits per heavy atom. The molecule has 1 fully saturated rings. The lowest BCUT2D eigenvalue weighted by molar-refractivity contribution is -0.136. The van der Waals surface area contributed by atoms with E-state index < -0.39 is 5.97 Å². The van der Waals surface area contributed by atoms with Gasteiger partial charge in [-0.2, -0.15) is 0 Å². The number of aliphatic carboxylic acids is 1. The van der Waals surface area contributed by atoms with Gasteiger partial charge in [0.1, 0.15) is 0 Å². The number of anilines is 1. The third-order valence-electron chi connectivity index (χ3n) is 3.03. The van der Waals surface area contributed by atoms with E-state index in [0.29, 0.717) is 5.92 Å². The van der Waals surface area contributed by atoms with E-state index in [1.54, 1.807) is 11.3 Å². The predicted octanol–water partition coefficient (Wildman–Crippen LogP) is 2.49. The molecule has 1 aliphatic carbocycles. The maximum Gasteiger partial charge on any atom is 0.308 e. The minimum atomic E-state index is -0.762. The normalized spacial score (nSPS) is 14.9. The van der Waals surface area contributed by atoms with E-state index in [-0.39, 0.29) is 6.42 Å². The summed E-state index contributed by atoms with van der Waals surface area (Å²) in [4.78, 5) is 18.6. The molecule has 4 nitrogen and oxygen atoms in total. The van der Waals surface area contributed by atoms with Gasteiger partial charge in [0.05, 0.1) is 12.1 Å². The number of rotatable bonds is 6. The molecule has 1 N–H and O–H groups in total. The molecule has 0 saturated heterocycles. The highest BCUT2D eigenvalue weighted by Gasteiger charge is 2.30. The van der Waals surface area contributed by atoms with Crippen LogP contribution in [-0.4, -0.2) is 29.1 Å². The molecule has 0 bridgehead atoms. The minimum Gasteiger partial charge on any atom is -0.481 e. The molecule has 2 rings (SSSR count). The molecule has 17 heavy (non-hydrogen) atoms. The van der Waals surface area contributed by atoms with E-state index >= 15 is 0 Å². The highest BCUT2D eigenvalue weighted by atomic mass is 32.1. The van der Waals surface area contributed by atoms with Crippen molar-refractivity contribution in [2.75, 3.05) is 18.0 Å². The van der Waals surface area contributed by atoms with Crippen molar-refractivity contribution in [2.24, 2.45) is 0 Å². The maximum absolute atomic E-state index is 10.8. The fourth-order valence-corrected chi connectivity index (χ4v) is 3.18. The van der Waals surface area contributed by atoms with Gasteiger partial charge in [0, 0.05) is 23.9 Å². The summed E-state index contributed by atoms with van der Waals surface area (Å²) in [5.74, 6) is -0.244. The molecule has 0 radical (unpaired) electrons. The van der Waals surface area contributed by atoms with Crippen molar-refractivity contribution < 1.29 is 9.90 Å². The lowest BCUT2D eigenvalue weighted by atomic mass is 10.2. The van der Waals surface area contributed by atoms with Gasteiger partial charge < -0.3 is 10.0 Å². The van der Waals surface area contributed by atoms with E-state index in [1.807, 2.05) is 0 Å². The molecule has 0 spiro atoms. The Morgan fingerprint density at radius 3 is 2.59 bits per heavy atom. The van der Waals surface area contributed by atoms with Crippen molar-refractivity contribution in [3.05, 3.63) is 10.6 Å². The molecule has 0 aromatic carbocycles. The fourth-order valence-electron chi connectivity index (χ4n) is 1.92. The summed E-state index contributed by atoms with van der Waals surface area (Å²) in [6, 6.07) is 0. The molecule has 0 unspecified atom stereocenters. The molecule has 1 aliphatic rings. The van der Waals surface area contributed by atoms with E-state index in [0.717, 1.165) is 41.6 Å².